The van der Waals surface area contributed by atoms with Crippen molar-refractivity contribution in [1.82, 2.24) is 9.13 Å². The highest BCUT2D eigenvalue weighted by molar-refractivity contribution is 6.31. The van der Waals surface area contributed by atoms with Gasteiger partial charge in [0.25, 0.3) is 0 Å². The highest BCUT2D eigenvalue weighted by Gasteiger charge is 2.13. The van der Waals surface area contributed by atoms with Crippen LogP contribution in [0.15, 0.2) is 47.3 Å². The van der Waals surface area contributed by atoms with Crippen molar-refractivity contribution in [2.75, 3.05) is 0 Å². The zero-order valence-corrected chi connectivity index (χ0v) is 14.3. The smallest absolute Gasteiger partial charge is 0.328 e. The molecule has 3 rings (SSSR count). The van der Waals surface area contributed by atoms with Gasteiger partial charge in [-0.3, -0.25) is 13.9 Å². The number of carbonyl (C=O) groups excluding carboxylic acids is 1. The first-order chi connectivity index (χ1) is 12.0. The predicted octanol–water partition coefficient (Wildman–Crippen LogP) is 3.27. The van der Waals surface area contributed by atoms with Crippen LogP contribution in [0.4, 0.5) is 4.39 Å². The standard InChI is InChI=1S/C18H16ClFN2O3/c1-21-15-7-2-3-8-16(15)22(18(21)24)10-9-17(23)25-11-12-13(19)5-4-6-14(12)20/h2-8H,9-11H2,1H3. The van der Waals surface area contributed by atoms with E-state index in [-0.39, 0.29) is 35.8 Å². The van der Waals surface area contributed by atoms with E-state index in [1.807, 2.05) is 24.3 Å². The minimum absolute atomic E-state index is 0.0000139. The van der Waals surface area contributed by atoms with Gasteiger partial charge in [0.05, 0.1) is 22.5 Å². The molecular weight excluding hydrogens is 347 g/mol. The van der Waals surface area contributed by atoms with Gasteiger partial charge >= 0.3 is 11.7 Å². The summed E-state index contributed by atoms with van der Waals surface area (Å²) in [6.45, 7) is -0.0567. The van der Waals surface area contributed by atoms with Crippen LogP contribution < -0.4 is 5.69 Å². The van der Waals surface area contributed by atoms with Crippen molar-refractivity contribution >= 4 is 28.6 Å². The van der Waals surface area contributed by atoms with Gasteiger partial charge in [-0.15, -0.1) is 0 Å². The Hall–Kier alpha value is -2.60. The van der Waals surface area contributed by atoms with Crippen LogP contribution in [-0.4, -0.2) is 15.1 Å². The van der Waals surface area contributed by atoms with Gasteiger partial charge in [-0.2, -0.15) is 0 Å². The average molecular weight is 363 g/mol. The molecule has 0 bridgehead atoms. The third-order valence-corrected chi connectivity index (χ3v) is 4.38. The number of hydrogen-bond acceptors (Lipinski definition) is 3. The highest BCUT2D eigenvalue weighted by atomic mass is 35.5. The molecule has 7 heteroatoms. The normalized spacial score (nSPS) is 11.0. The van der Waals surface area contributed by atoms with E-state index in [4.69, 9.17) is 16.3 Å². The van der Waals surface area contributed by atoms with Crippen molar-refractivity contribution in [3.63, 3.8) is 0 Å². The van der Waals surface area contributed by atoms with E-state index in [0.29, 0.717) is 0 Å². The summed E-state index contributed by atoms with van der Waals surface area (Å²) in [5, 5.41) is 0.207. The van der Waals surface area contributed by atoms with Gasteiger partial charge < -0.3 is 4.74 Å². The molecule has 0 N–H and O–H groups in total. The minimum atomic E-state index is -0.529. The maximum absolute atomic E-state index is 13.7. The Labute approximate surface area is 148 Å². The zero-order valence-electron chi connectivity index (χ0n) is 13.5. The Morgan fingerprint density at radius 1 is 1.16 bits per heavy atom. The van der Waals surface area contributed by atoms with Gasteiger partial charge in [-0.05, 0) is 24.3 Å². The number of carbonyl (C=O) groups is 1. The Morgan fingerprint density at radius 2 is 1.88 bits per heavy atom. The third kappa shape index (κ3) is 3.44. The van der Waals surface area contributed by atoms with Crippen molar-refractivity contribution in [1.29, 1.82) is 0 Å². The van der Waals surface area contributed by atoms with Crippen LogP contribution in [0.2, 0.25) is 5.02 Å². The van der Waals surface area contributed by atoms with Crippen molar-refractivity contribution < 1.29 is 13.9 Å². The maximum Gasteiger partial charge on any atom is 0.328 e. The number of ether oxygens (including phenoxy) is 1. The number of hydrogen-bond donors (Lipinski definition) is 0. The SMILES string of the molecule is Cn1c(=O)n(CCC(=O)OCc2c(F)cccc2Cl)c2ccccc21. The van der Waals surface area contributed by atoms with Crippen LogP contribution in [0, 0.1) is 5.82 Å². The lowest BCUT2D eigenvalue weighted by Crippen LogP contribution is -2.23. The Kier molecular flexibility index (Phi) is 4.90. The predicted molar refractivity (Wildman–Crippen MR) is 93.0 cm³/mol. The van der Waals surface area contributed by atoms with Crippen LogP contribution in [0.25, 0.3) is 11.0 Å². The van der Waals surface area contributed by atoms with Gasteiger partial charge in [0.15, 0.2) is 0 Å². The summed E-state index contributed by atoms with van der Waals surface area (Å²) < 4.78 is 21.8. The zero-order chi connectivity index (χ0) is 18.0. The molecule has 0 atom stereocenters. The quantitative estimate of drug-likeness (QED) is 0.655. The van der Waals surface area contributed by atoms with Crippen LogP contribution in [0.5, 0.6) is 0 Å². The van der Waals surface area contributed by atoms with Crippen LogP contribution >= 0.6 is 11.6 Å². The number of esters is 1. The molecule has 0 saturated heterocycles. The monoisotopic (exact) mass is 362 g/mol. The molecule has 0 fully saturated rings. The van der Waals surface area contributed by atoms with Gasteiger partial charge in [0.1, 0.15) is 12.4 Å². The van der Waals surface area contributed by atoms with E-state index in [2.05, 4.69) is 0 Å². The second-order valence-electron chi connectivity index (χ2n) is 5.59. The van der Waals surface area contributed by atoms with Gasteiger partial charge in [0, 0.05) is 19.2 Å². The molecule has 2 aromatic carbocycles. The first-order valence-corrected chi connectivity index (χ1v) is 8.09. The molecule has 0 saturated carbocycles. The number of imidazole rings is 1. The Balaban J connectivity index is 1.67. The number of rotatable bonds is 5. The fourth-order valence-electron chi connectivity index (χ4n) is 2.68. The average Bonchev–Trinajstić information content (AvgIpc) is 2.84. The summed E-state index contributed by atoms with van der Waals surface area (Å²) in [5.41, 5.74) is 1.48. The van der Waals surface area contributed by atoms with Crippen LogP contribution in [0.3, 0.4) is 0 Å². The fraction of sp³-hybridized carbons (Fsp3) is 0.222. The summed E-state index contributed by atoms with van der Waals surface area (Å²) >= 11 is 5.90. The first kappa shape index (κ1) is 17.2. The molecular formula is C18H16ClFN2O3. The second-order valence-corrected chi connectivity index (χ2v) is 6.00. The van der Waals surface area contributed by atoms with Gasteiger partial charge in [-0.25, -0.2) is 9.18 Å². The molecule has 1 heterocycles. The number of halogens is 2. The van der Waals surface area contributed by atoms with E-state index < -0.39 is 11.8 Å². The highest BCUT2D eigenvalue weighted by Crippen LogP contribution is 2.20. The largest absolute Gasteiger partial charge is 0.461 e. The van der Waals surface area contributed by atoms with E-state index in [1.54, 1.807) is 7.05 Å². The summed E-state index contributed by atoms with van der Waals surface area (Å²) in [7, 11) is 1.68. The summed E-state index contributed by atoms with van der Waals surface area (Å²) in [5.74, 6) is -1.05. The maximum atomic E-state index is 13.7. The lowest BCUT2D eigenvalue weighted by Gasteiger charge is -2.08. The Bertz CT molecular complexity index is 973. The van der Waals surface area contributed by atoms with Crippen molar-refractivity contribution in [3.8, 4) is 0 Å². The molecule has 0 aliphatic carbocycles. The first-order valence-electron chi connectivity index (χ1n) is 7.72. The van der Waals surface area contributed by atoms with Crippen molar-refractivity contribution in [2.24, 2.45) is 7.05 Å². The molecule has 0 amide bonds. The second kappa shape index (κ2) is 7.11. The van der Waals surface area contributed by atoms with E-state index in [0.717, 1.165) is 11.0 Å². The summed E-state index contributed by atoms with van der Waals surface area (Å²) in [4.78, 5) is 24.2. The number of para-hydroxylation sites is 2. The molecule has 5 nitrogen and oxygen atoms in total. The fourth-order valence-corrected chi connectivity index (χ4v) is 2.89. The van der Waals surface area contributed by atoms with E-state index >= 15 is 0 Å². The molecule has 130 valence electrons. The lowest BCUT2D eigenvalue weighted by molar-refractivity contribution is -0.145. The van der Waals surface area contributed by atoms with E-state index in [1.165, 1.54) is 27.3 Å². The number of aryl methyl sites for hydroxylation is 2. The number of fused-ring (bicyclic) bond motifs is 1. The van der Waals surface area contributed by atoms with E-state index in [9.17, 15) is 14.0 Å². The molecule has 0 aliphatic rings. The Morgan fingerprint density at radius 3 is 2.60 bits per heavy atom. The topological polar surface area (TPSA) is 53.2 Å². The molecule has 0 radical (unpaired) electrons. The van der Waals surface area contributed by atoms with Crippen molar-refractivity contribution in [2.45, 2.75) is 19.6 Å². The van der Waals surface area contributed by atoms with Gasteiger partial charge in [-0.1, -0.05) is 29.8 Å². The summed E-state index contributed by atoms with van der Waals surface area (Å²) in [6.07, 6.45) is -0.0000139. The molecule has 1 aromatic heterocycles. The van der Waals surface area contributed by atoms with Crippen molar-refractivity contribution in [3.05, 3.63) is 69.4 Å². The molecule has 0 unspecified atom stereocenters. The molecule has 0 aliphatic heterocycles. The third-order valence-electron chi connectivity index (χ3n) is 4.03. The molecule has 3 aromatic rings. The number of nitrogens with zero attached hydrogens (tertiary/aromatic N) is 2. The number of benzene rings is 2. The van der Waals surface area contributed by atoms with Crippen LogP contribution in [0.1, 0.15) is 12.0 Å². The number of aromatic nitrogens is 2. The molecule has 0 spiro atoms. The summed E-state index contributed by atoms with van der Waals surface area (Å²) in [6, 6.07) is 11.6. The minimum Gasteiger partial charge on any atom is -0.461 e. The van der Waals surface area contributed by atoms with Gasteiger partial charge in [0.2, 0.25) is 0 Å². The van der Waals surface area contributed by atoms with Crippen LogP contribution in [-0.2, 0) is 29.7 Å². The molecule has 25 heavy (non-hydrogen) atoms. The lowest BCUT2D eigenvalue weighted by atomic mass is 10.2.